The molecule has 0 radical (unpaired) electrons. The maximum Gasteiger partial charge on any atom is 0.250 e. The summed E-state index contributed by atoms with van der Waals surface area (Å²) in [6, 6.07) is 2.94. The largest absolute Gasteiger partial charge is 0.498 e. The van der Waals surface area contributed by atoms with Gasteiger partial charge in [-0.15, -0.1) is 0 Å². The van der Waals surface area contributed by atoms with E-state index in [-0.39, 0.29) is 18.0 Å². The van der Waals surface area contributed by atoms with Crippen molar-refractivity contribution in [1.82, 2.24) is 5.32 Å². The minimum atomic E-state index is -1.64. The fourth-order valence-corrected chi connectivity index (χ4v) is 2.39. The van der Waals surface area contributed by atoms with Crippen LogP contribution in [0.25, 0.3) is 0 Å². The number of nitrogens with one attached hydrogen (secondary N) is 1. The summed E-state index contributed by atoms with van der Waals surface area (Å²) in [5.74, 6) is -1.35. The van der Waals surface area contributed by atoms with Crippen LogP contribution in [0.3, 0.4) is 0 Å². The molecule has 1 aromatic rings. The number of carbonyl (C=O) groups excluding carboxylic acids is 1. The molecule has 1 unspecified atom stereocenters. The zero-order valence-corrected chi connectivity index (χ0v) is 12.6. The first-order valence-corrected chi connectivity index (χ1v) is 7.10. The van der Waals surface area contributed by atoms with Gasteiger partial charge in [0.25, 0.3) is 5.91 Å². The lowest BCUT2D eigenvalue weighted by Gasteiger charge is -2.26. The summed E-state index contributed by atoms with van der Waals surface area (Å²) in [5.41, 5.74) is -1.18. The molecule has 1 heterocycles. The molecule has 1 amide bonds. The van der Waals surface area contributed by atoms with Gasteiger partial charge in [0.15, 0.2) is 0 Å². The number of allylic oxidation sites excluding steroid dienone is 1. The fraction of sp³-hybridized carbons (Fsp3) is 0.438. The zero-order chi connectivity index (χ0) is 16.3. The Hall–Kier alpha value is -1.95. The van der Waals surface area contributed by atoms with Gasteiger partial charge in [0.1, 0.15) is 23.0 Å². The molecule has 4 nitrogen and oxygen atoms in total. The summed E-state index contributed by atoms with van der Waals surface area (Å²) >= 11 is 0. The van der Waals surface area contributed by atoms with Crippen LogP contribution in [0.5, 0.6) is 0 Å². The van der Waals surface area contributed by atoms with Gasteiger partial charge in [-0.2, -0.15) is 0 Å². The highest BCUT2D eigenvalue weighted by Crippen LogP contribution is 2.24. The molecule has 6 heteroatoms. The van der Waals surface area contributed by atoms with Crippen LogP contribution in [0.1, 0.15) is 32.3 Å². The molecule has 1 aromatic carbocycles. The Morgan fingerprint density at radius 2 is 2.18 bits per heavy atom. The SMILES string of the molecule is CC1=C(C(=O)NCC(C)(O)c2ccc(F)cc2F)CCCO1. The molecule has 1 aliphatic rings. The Morgan fingerprint density at radius 3 is 2.82 bits per heavy atom. The Morgan fingerprint density at radius 1 is 1.45 bits per heavy atom. The molecule has 0 bridgehead atoms. The van der Waals surface area contributed by atoms with Gasteiger partial charge in [-0.05, 0) is 32.8 Å². The molecule has 0 aliphatic carbocycles. The van der Waals surface area contributed by atoms with E-state index in [1.54, 1.807) is 6.92 Å². The van der Waals surface area contributed by atoms with Gasteiger partial charge in [0, 0.05) is 11.6 Å². The van der Waals surface area contributed by atoms with Crippen LogP contribution in [0.15, 0.2) is 29.5 Å². The molecule has 2 rings (SSSR count). The topological polar surface area (TPSA) is 58.6 Å². The van der Waals surface area contributed by atoms with E-state index in [1.165, 1.54) is 13.0 Å². The Kier molecular flexibility index (Phi) is 4.81. The third kappa shape index (κ3) is 3.62. The van der Waals surface area contributed by atoms with Crippen molar-refractivity contribution < 1.29 is 23.4 Å². The maximum absolute atomic E-state index is 13.7. The molecule has 1 aliphatic heterocycles. The second-order valence-electron chi connectivity index (χ2n) is 5.57. The first kappa shape index (κ1) is 16.4. The Balaban J connectivity index is 2.07. The zero-order valence-electron chi connectivity index (χ0n) is 12.6. The normalized spacial score (nSPS) is 17.7. The summed E-state index contributed by atoms with van der Waals surface area (Å²) in [5, 5.41) is 12.9. The summed E-state index contributed by atoms with van der Waals surface area (Å²) in [4.78, 5) is 12.1. The molecular formula is C16H19F2NO3. The van der Waals surface area contributed by atoms with Crippen molar-refractivity contribution in [3.05, 3.63) is 46.7 Å². The summed E-state index contributed by atoms with van der Waals surface area (Å²) in [6.07, 6.45) is 1.35. The monoisotopic (exact) mass is 311 g/mol. The lowest BCUT2D eigenvalue weighted by molar-refractivity contribution is -0.119. The van der Waals surface area contributed by atoms with Crippen LogP contribution in [0.2, 0.25) is 0 Å². The number of benzene rings is 1. The van der Waals surface area contributed by atoms with Crippen molar-refractivity contribution in [2.75, 3.05) is 13.2 Å². The van der Waals surface area contributed by atoms with Crippen molar-refractivity contribution in [3.63, 3.8) is 0 Å². The Labute approximate surface area is 127 Å². The molecule has 1 atom stereocenters. The van der Waals surface area contributed by atoms with Crippen molar-refractivity contribution in [2.24, 2.45) is 0 Å². The quantitative estimate of drug-likeness (QED) is 0.897. The number of ether oxygens (including phenoxy) is 1. The van der Waals surface area contributed by atoms with E-state index in [9.17, 15) is 18.7 Å². The molecule has 2 N–H and O–H groups in total. The van der Waals surface area contributed by atoms with Crippen LogP contribution in [-0.4, -0.2) is 24.2 Å². The van der Waals surface area contributed by atoms with Crippen molar-refractivity contribution in [3.8, 4) is 0 Å². The second-order valence-corrected chi connectivity index (χ2v) is 5.57. The van der Waals surface area contributed by atoms with E-state index in [4.69, 9.17) is 4.74 Å². The third-order valence-electron chi connectivity index (χ3n) is 3.69. The minimum Gasteiger partial charge on any atom is -0.498 e. The lowest BCUT2D eigenvalue weighted by atomic mass is 9.95. The first-order valence-electron chi connectivity index (χ1n) is 7.10. The van der Waals surface area contributed by atoms with E-state index in [1.807, 2.05) is 0 Å². The van der Waals surface area contributed by atoms with Crippen LogP contribution < -0.4 is 5.32 Å². The smallest absolute Gasteiger partial charge is 0.250 e. The standard InChI is InChI=1S/C16H19F2NO3/c1-10-12(4-3-7-22-10)15(20)19-9-16(2,21)13-6-5-11(17)8-14(13)18/h5-6,8,21H,3-4,7,9H2,1-2H3,(H,19,20). The minimum absolute atomic E-state index is 0.0696. The van der Waals surface area contributed by atoms with Crippen molar-refractivity contribution in [2.45, 2.75) is 32.3 Å². The number of hydrogen-bond acceptors (Lipinski definition) is 3. The summed E-state index contributed by atoms with van der Waals surface area (Å²) in [6.45, 7) is 3.47. The number of carbonyl (C=O) groups is 1. The number of hydrogen-bond donors (Lipinski definition) is 2. The number of rotatable bonds is 4. The van der Waals surface area contributed by atoms with E-state index in [2.05, 4.69) is 5.32 Å². The first-order chi connectivity index (χ1) is 10.3. The van der Waals surface area contributed by atoms with E-state index < -0.39 is 17.2 Å². The van der Waals surface area contributed by atoms with E-state index in [0.29, 0.717) is 30.4 Å². The number of halogens is 2. The summed E-state index contributed by atoms with van der Waals surface area (Å²) < 4.78 is 32.0. The predicted octanol–water partition coefficient (Wildman–Crippen LogP) is 2.37. The van der Waals surface area contributed by atoms with Crippen LogP contribution in [0.4, 0.5) is 8.78 Å². The highest BCUT2D eigenvalue weighted by molar-refractivity contribution is 5.93. The highest BCUT2D eigenvalue weighted by Gasteiger charge is 2.28. The van der Waals surface area contributed by atoms with Gasteiger partial charge in [-0.25, -0.2) is 8.78 Å². The Bertz CT molecular complexity index is 611. The number of aliphatic hydroxyl groups is 1. The second kappa shape index (κ2) is 6.44. The van der Waals surface area contributed by atoms with Gasteiger partial charge in [-0.3, -0.25) is 4.79 Å². The van der Waals surface area contributed by atoms with Crippen molar-refractivity contribution in [1.29, 1.82) is 0 Å². The fourth-order valence-electron chi connectivity index (χ4n) is 2.39. The molecule has 0 saturated carbocycles. The van der Waals surface area contributed by atoms with Gasteiger partial charge in [0.05, 0.1) is 18.7 Å². The predicted molar refractivity (Wildman–Crippen MR) is 76.8 cm³/mol. The van der Waals surface area contributed by atoms with Gasteiger partial charge >= 0.3 is 0 Å². The average Bonchev–Trinajstić information content (AvgIpc) is 2.45. The number of amides is 1. The van der Waals surface area contributed by atoms with Gasteiger partial charge in [0.2, 0.25) is 0 Å². The van der Waals surface area contributed by atoms with Gasteiger partial charge < -0.3 is 15.2 Å². The van der Waals surface area contributed by atoms with E-state index in [0.717, 1.165) is 12.5 Å². The molecule has 22 heavy (non-hydrogen) atoms. The molecule has 120 valence electrons. The highest BCUT2D eigenvalue weighted by atomic mass is 19.1. The van der Waals surface area contributed by atoms with Crippen LogP contribution in [0, 0.1) is 11.6 Å². The molecule has 0 spiro atoms. The van der Waals surface area contributed by atoms with E-state index >= 15 is 0 Å². The summed E-state index contributed by atoms with van der Waals surface area (Å²) in [7, 11) is 0. The molecule has 0 fully saturated rings. The third-order valence-corrected chi connectivity index (χ3v) is 3.69. The molecular weight excluding hydrogens is 292 g/mol. The van der Waals surface area contributed by atoms with Crippen molar-refractivity contribution >= 4 is 5.91 Å². The lowest BCUT2D eigenvalue weighted by Crippen LogP contribution is -2.40. The molecule has 0 saturated heterocycles. The van der Waals surface area contributed by atoms with Crippen LogP contribution >= 0.6 is 0 Å². The van der Waals surface area contributed by atoms with Gasteiger partial charge in [-0.1, -0.05) is 6.07 Å². The maximum atomic E-state index is 13.7. The average molecular weight is 311 g/mol. The van der Waals surface area contributed by atoms with Crippen LogP contribution in [-0.2, 0) is 15.1 Å². The molecule has 0 aromatic heterocycles.